The van der Waals surface area contributed by atoms with E-state index in [2.05, 4.69) is 28.1 Å². The van der Waals surface area contributed by atoms with E-state index in [1.807, 2.05) is 12.1 Å². The second kappa shape index (κ2) is 7.81. The van der Waals surface area contributed by atoms with Crippen molar-refractivity contribution < 1.29 is 9.13 Å². The summed E-state index contributed by atoms with van der Waals surface area (Å²) in [5.74, 6) is 0.615. The highest BCUT2D eigenvalue weighted by molar-refractivity contribution is 9.09. The molecule has 0 radical (unpaired) electrons. The largest absolute Gasteiger partial charge is 0.497 e. The van der Waals surface area contributed by atoms with Crippen LogP contribution in [0.4, 0.5) is 4.39 Å². The molecule has 1 nitrogen and oxygen atoms in total. The summed E-state index contributed by atoms with van der Waals surface area (Å²) in [5.41, 5.74) is 1.82. The molecule has 0 spiro atoms. The van der Waals surface area contributed by atoms with E-state index < -0.39 is 0 Å². The molecule has 0 aliphatic rings. The fourth-order valence-electron chi connectivity index (χ4n) is 2.17. The molecular weight excluding hydrogens is 355 g/mol. The third-order valence-electron chi connectivity index (χ3n) is 3.39. The first-order valence-corrected chi connectivity index (χ1v) is 8.09. The Morgan fingerprint density at radius 3 is 2.52 bits per heavy atom. The standard InChI is InChI=1S/C17H17BrClFO/c1-21-14-9-6-12(7-10-14)5-8-13(18)11-15-16(19)3-2-4-17(15)20/h2-4,6-7,9-10,13H,5,8,11H2,1H3. The molecule has 0 bridgehead atoms. The lowest BCUT2D eigenvalue weighted by atomic mass is 10.0. The van der Waals surface area contributed by atoms with Crippen LogP contribution >= 0.6 is 27.5 Å². The molecule has 2 aromatic rings. The van der Waals surface area contributed by atoms with E-state index in [4.69, 9.17) is 16.3 Å². The van der Waals surface area contributed by atoms with Gasteiger partial charge in [0.2, 0.25) is 0 Å². The molecule has 2 rings (SSSR count). The normalized spacial score (nSPS) is 12.2. The molecule has 0 aromatic heterocycles. The predicted octanol–water partition coefficient (Wildman–Crippen LogP) is 5.43. The first-order valence-electron chi connectivity index (χ1n) is 6.80. The van der Waals surface area contributed by atoms with Gasteiger partial charge in [-0.1, -0.05) is 45.7 Å². The van der Waals surface area contributed by atoms with Crippen molar-refractivity contribution >= 4 is 27.5 Å². The van der Waals surface area contributed by atoms with Crippen LogP contribution in [0.3, 0.4) is 0 Å². The Hall–Kier alpha value is -1.06. The van der Waals surface area contributed by atoms with Gasteiger partial charge in [-0.2, -0.15) is 0 Å². The van der Waals surface area contributed by atoms with Crippen LogP contribution in [0.5, 0.6) is 5.75 Å². The number of alkyl halides is 1. The van der Waals surface area contributed by atoms with Crippen LogP contribution in [-0.2, 0) is 12.8 Å². The number of aryl methyl sites for hydroxylation is 1. The maximum absolute atomic E-state index is 13.7. The van der Waals surface area contributed by atoms with Gasteiger partial charge in [-0.25, -0.2) is 4.39 Å². The highest BCUT2D eigenvalue weighted by Crippen LogP contribution is 2.24. The third kappa shape index (κ3) is 4.72. The van der Waals surface area contributed by atoms with E-state index >= 15 is 0 Å². The lowest BCUT2D eigenvalue weighted by molar-refractivity contribution is 0.414. The van der Waals surface area contributed by atoms with Crippen LogP contribution in [-0.4, -0.2) is 11.9 Å². The van der Waals surface area contributed by atoms with Crippen LogP contribution in [0.1, 0.15) is 17.5 Å². The zero-order valence-corrected chi connectivity index (χ0v) is 14.1. The summed E-state index contributed by atoms with van der Waals surface area (Å²) < 4.78 is 18.9. The Kier molecular flexibility index (Phi) is 6.07. The molecule has 2 aromatic carbocycles. The van der Waals surface area contributed by atoms with E-state index in [0.29, 0.717) is 17.0 Å². The lowest BCUT2D eigenvalue weighted by Crippen LogP contribution is -2.06. The lowest BCUT2D eigenvalue weighted by Gasteiger charge is -2.12. The van der Waals surface area contributed by atoms with Crippen molar-refractivity contribution in [3.05, 3.63) is 64.4 Å². The van der Waals surface area contributed by atoms with Gasteiger partial charge in [0.15, 0.2) is 0 Å². The summed E-state index contributed by atoms with van der Waals surface area (Å²) in [7, 11) is 1.65. The Bertz CT molecular complexity index is 566. The van der Waals surface area contributed by atoms with Crippen molar-refractivity contribution in [1.29, 1.82) is 0 Å². The van der Waals surface area contributed by atoms with Gasteiger partial charge in [0, 0.05) is 15.4 Å². The summed E-state index contributed by atoms with van der Waals surface area (Å²) in [6.07, 6.45) is 2.42. The molecule has 21 heavy (non-hydrogen) atoms. The monoisotopic (exact) mass is 370 g/mol. The van der Waals surface area contributed by atoms with Crippen molar-refractivity contribution in [3.63, 3.8) is 0 Å². The molecule has 0 N–H and O–H groups in total. The molecule has 4 heteroatoms. The van der Waals surface area contributed by atoms with E-state index in [9.17, 15) is 4.39 Å². The summed E-state index contributed by atoms with van der Waals surface area (Å²) in [6, 6.07) is 12.8. The van der Waals surface area contributed by atoms with Crippen molar-refractivity contribution in [2.45, 2.75) is 24.1 Å². The average molecular weight is 372 g/mol. The van der Waals surface area contributed by atoms with Crippen molar-refractivity contribution in [2.75, 3.05) is 7.11 Å². The maximum Gasteiger partial charge on any atom is 0.127 e. The highest BCUT2D eigenvalue weighted by Gasteiger charge is 2.12. The number of hydrogen-bond donors (Lipinski definition) is 0. The topological polar surface area (TPSA) is 9.23 Å². The fraction of sp³-hybridized carbons (Fsp3) is 0.294. The number of benzene rings is 2. The van der Waals surface area contributed by atoms with Gasteiger partial charge in [0.1, 0.15) is 11.6 Å². The molecule has 1 atom stereocenters. The number of halogens is 3. The summed E-state index contributed by atoms with van der Waals surface area (Å²) in [6.45, 7) is 0. The zero-order chi connectivity index (χ0) is 15.2. The van der Waals surface area contributed by atoms with Crippen molar-refractivity contribution in [1.82, 2.24) is 0 Å². The molecular formula is C17H17BrClFO. The van der Waals surface area contributed by atoms with Crippen molar-refractivity contribution in [2.24, 2.45) is 0 Å². The number of methoxy groups -OCH3 is 1. The molecule has 0 saturated carbocycles. The Morgan fingerprint density at radius 2 is 1.90 bits per heavy atom. The van der Waals surface area contributed by atoms with Crippen LogP contribution in [0.2, 0.25) is 5.02 Å². The smallest absolute Gasteiger partial charge is 0.127 e. The molecule has 0 fully saturated rings. The fourth-order valence-corrected chi connectivity index (χ4v) is 2.96. The first-order chi connectivity index (χ1) is 10.1. The minimum atomic E-state index is -0.239. The van der Waals surface area contributed by atoms with E-state index in [1.165, 1.54) is 11.6 Å². The first kappa shape index (κ1) is 16.3. The average Bonchev–Trinajstić information content (AvgIpc) is 2.49. The Labute approximate surface area is 138 Å². The van der Waals surface area contributed by atoms with Gasteiger partial charge in [-0.05, 0) is 49.1 Å². The van der Waals surface area contributed by atoms with Crippen LogP contribution in [0.25, 0.3) is 0 Å². The van der Waals surface area contributed by atoms with Crippen molar-refractivity contribution in [3.8, 4) is 5.75 Å². The Balaban J connectivity index is 1.91. The molecule has 0 aliphatic heterocycles. The molecule has 1 unspecified atom stereocenters. The molecule has 112 valence electrons. The second-order valence-electron chi connectivity index (χ2n) is 4.89. The number of hydrogen-bond acceptors (Lipinski definition) is 1. The molecule has 0 aliphatic carbocycles. The Morgan fingerprint density at radius 1 is 1.19 bits per heavy atom. The third-order valence-corrected chi connectivity index (χ3v) is 4.53. The summed E-state index contributed by atoms with van der Waals surface area (Å²) in [4.78, 5) is 0.189. The summed E-state index contributed by atoms with van der Waals surface area (Å²) >= 11 is 9.67. The van der Waals surface area contributed by atoms with Crippen LogP contribution in [0, 0.1) is 5.82 Å². The minimum Gasteiger partial charge on any atom is -0.497 e. The van der Waals surface area contributed by atoms with Crippen LogP contribution < -0.4 is 4.74 Å². The zero-order valence-electron chi connectivity index (χ0n) is 11.8. The van der Waals surface area contributed by atoms with E-state index in [1.54, 1.807) is 19.2 Å². The van der Waals surface area contributed by atoms with Gasteiger partial charge in [-0.15, -0.1) is 0 Å². The summed E-state index contributed by atoms with van der Waals surface area (Å²) in [5, 5.41) is 0.490. The second-order valence-corrected chi connectivity index (χ2v) is 6.59. The maximum atomic E-state index is 13.7. The van der Waals surface area contributed by atoms with Gasteiger partial charge >= 0.3 is 0 Å². The predicted molar refractivity (Wildman–Crippen MR) is 89.1 cm³/mol. The quantitative estimate of drug-likeness (QED) is 0.616. The highest BCUT2D eigenvalue weighted by atomic mass is 79.9. The van der Waals surface area contributed by atoms with Gasteiger partial charge < -0.3 is 4.74 Å². The van der Waals surface area contributed by atoms with Gasteiger partial charge in [0.05, 0.1) is 7.11 Å². The van der Waals surface area contributed by atoms with Crippen LogP contribution in [0.15, 0.2) is 42.5 Å². The number of rotatable bonds is 6. The van der Waals surface area contributed by atoms with Gasteiger partial charge in [-0.3, -0.25) is 0 Å². The molecule has 0 saturated heterocycles. The molecule has 0 amide bonds. The van der Waals surface area contributed by atoms with Gasteiger partial charge in [0.25, 0.3) is 0 Å². The minimum absolute atomic E-state index is 0.189. The molecule has 0 heterocycles. The van der Waals surface area contributed by atoms with E-state index in [0.717, 1.165) is 18.6 Å². The SMILES string of the molecule is COc1ccc(CCC(Br)Cc2c(F)cccc2Cl)cc1. The number of ether oxygens (including phenoxy) is 1. The van der Waals surface area contributed by atoms with E-state index in [-0.39, 0.29) is 10.6 Å².